The maximum Gasteiger partial charge on any atom is 0.172 e. The molecule has 0 amide bonds. The lowest BCUT2D eigenvalue weighted by atomic mass is 9.93. The van der Waals surface area contributed by atoms with Crippen LogP contribution in [-0.4, -0.2) is 5.75 Å². The molecule has 1 heterocycles. The van der Waals surface area contributed by atoms with Gasteiger partial charge in [0.15, 0.2) is 18.9 Å². The summed E-state index contributed by atoms with van der Waals surface area (Å²) in [5.74, 6) is 0.990. The first-order valence-corrected chi connectivity index (χ1v) is 9.05. The van der Waals surface area contributed by atoms with E-state index in [9.17, 15) is 0 Å². The maximum atomic E-state index is 6.19. The second-order valence-electron chi connectivity index (χ2n) is 5.36. The van der Waals surface area contributed by atoms with E-state index < -0.39 is 0 Å². The molecule has 2 aromatic rings. The number of rotatable bonds is 4. The van der Waals surface area contributed by atoms with Crippen molar-refractivity contribution in [1.82, 2.24) is 0 Å². The molecule has 0 atom stereocenters. The lowest BCUT2D eigenvalue weighted by Crippen LogP contribution is -2.35. The smallest absolute Gasteiger partial charge is 0.172 e. The van der Waals surface area contributed by atoms with Gasteiger partial charge in [0.25, 0.3) is 0 Å². The molecular weight excluding hydrogens is 321 g/mol. The summed E-state index contributed by atoms with van der Waals surface area (Å²) >= 11 is 14.0. The van der Waals surface area contributed by atoms with Crippen LogP contribution in [0.15, 0.2) is 41.6 Å². The van der Waals surface area contributed by atoms with Gasteiger partial charge < -0.3 is 0 Å². The van der Waals surface area contributed by atoms with Crippen LogP contribution < -0.4 is 4.57 Å². The number of nitrogens with zero attached hydrogens (tertiary/aromatic N) is 1. The van der Waals surface area contributed by atoms with Crippen LogP contribution in [0, 0.1) is 0 Å². The quantitative estimate of drug-likeness (QED) is 0.563. The number of halogens is 2. The van der Waals surface area contributed by atoms with E-state index in [-0.39, 0.29) is 0 Å². The number of thioether (sulfide) groups is 1. The van der Waals surface area contributed by atoms with Crippen LogP contribution in [0.5, 0.6) is 0 Å². The van der Waals surface area contributed by atoms with Crippen molar-refractivity contribution >= 4 is 35.0 Å². The molecular formula is C17H18Cl2NS+. The van der Waals surface area contributed by atoms with Crippen molar-refractivity contribution in [2.24, 2.45) is 0 Å². The summed E-state index contributed by atoms with van der Waals surface area (Å²) in [4.78, 5) is 1.06. The Bertz CT molecular complexity index is 643. The summed E-state index contributed by atoms with van der Waals surface area (Å²) < 4.78 is 2.29. The van der Waals surface area contributed by atoms with Crippen molar-refractivity contribution in [1.29, 1.82) is 0 Å². The Kier molecular flexibility index (Phi) is 5.10. The third-order valence-corrected chi connectivity index (χ3v) is 5.56. The minimum absolute atomic E-state index is 0.739. The number of fused-ring (bicyclic) bond motifs is 1. The van der Waals surface area contributed by atoms with Gasteiger partial charge in [0.2, 0.25) is 0 Å². The molecule has 4 heteroatoms. The van der Waals surface area contributed by atoms with E-state index >= 15 is 0 Å². The van der Waals surface area contributed by atoms with Crippen molar-refractivity contribution in [3.05, 3.63) is 57.8 Å². The number of benzene rings is 1. The highest BCUT2D eigenvalue weighted by Gasteiger charge is 2.13. The lowest BCUT2D eigenvalue weighted by Gasteiger charge is -2.13. The number of hydrogen-bond acceptors (Lipinski definition) is 1. The third kappa shape index (κ3) is 3.94. The van der Waals surface area contributed by atoms with E-state index in [1.54, 1.807) is 11.8 Å². The molecule has 0 bridgehead atoms. The maximum absolute atomic E-state index is 6.19. The number of aryl methyl sites for hydroxylation is 3. The molecule has 0 saturated heterocycles. The molecule has 0 aliphatic heterocycles. The van der Waals surface area contributed by atoms with E-state index in [1.807, 2.05) is 18.2 Å². The number of aromatic nitrogens is 1. The second kappa shape index (κ2) is 7.04. The average Bonchev–Trinajstić information content (AvgIpc) is 2.50. The largest absolute Gasteiger partial charge is 0.204 e. The first-order chi connectivity index (χ1) is 10.2. The van der Waals surface area contributed by atoms with Crippen molar-refractivity contribution in [3.63, 3.8) is 0 Å². The Morgan fingerprint density at radius 3 is 2.71 bits per heavy atom. The standard InChI is InChI=1S/C17H18Cl2NS/c18-15-5-6-16(19)17(11-15)21-10-9-20-8-7-13-3-1-2-4-14(13)12-20/h5-8,11-12H,1-4,9-10H2/q+1. The highest BCUT2D eigenvalue weighted by Crippen LogP contribution is 2.29. The van der Waals surface area contributed by atoms with E-state index in [1.165, 1.54) is 36.8 Å². The molecule has 1 aromatic heterocycles. The Morgan fingerprint density at radius 2 is 1.86 bits per heavy atom. The molecule has 0 radical (unpaired) electrons. The van der Waals surface area contributed by atoms with Crippen LogP contribution in [0.3, 0.4) is 0 Å². The van der Waals surface area contributed by atoms with Gasteiger partial charge in [-0.2, -0.15) is 0 Å². The molecule has 0 N–H and O–H groups in total. The number of pyridine rings is 1. The van der Waals surface area contributed by atoms with Crippen LogP contribution in [0.2, 0.25) is 10.0 Å². The average molecular weight is 339 g/mol. The Hall–Kier alpha value is -0.700. The molecule has 1 aliphatic carbocycles. The molecule has 110 valence electrons. The normalized spacial score (nSPS) is 14.0. The minimum Gasteiger partial charge on any atom is -0.204 e. The summed E-state index contributed by atoms with van der Waals surface area (Å²) in [6.45, 7) is 0.987. The zero-order valence-corrected chi connectivity index (χ0v) is 14.1. The minimum atomic E-state index is 0.739. The van der Waals surface area contributed by atoms with Crippen LogP contribution >= 0.6 is 35.0 Å². The summed E-state index contributed by atoms with van der Waals surface area (Å²) in [5.41, 5.74) is 3.05. The van der Waals surface area contributed by atoms with E-state index in [4.69, 9.17) is 23.2 Å². The van der Waals surface area contributed by atoms with Gasteiger partial charge in [-0.1, -0.05) is 23.2 Å². The van der Waals surface area contributed by atoms with Gasteiger partial charge in [-0.25, -0.2) is 4.57 Å². The van der Waals surface area contributed by atoms with Gasteiger partial charge in [0, 0.05) is 21.5 Å². The highest BCUT2D eigenvalue weighted by molar-refractivity contribution is 7.99. The topological polar surface area (TPSA) is 3.88 Å². The molecule has 21 heavy (non-hydrogen) atoms. The molecule has 0 spiro atoms. The van der Waals surface area contributed by atoms with Crippen molar-refractivity contribution < 1.29 is 4.57 Å². The van der Waals surface area contributed by atoms with Gasteiger partial charge in [-0.05, 0) is 49.4 Å². The van der Waals surface area contributed by atoms with Crippen LogP contribution in [-0.2, 0) is 19.4 Å². The van der Waals surface area contributed by atoms with E-state index in [2.05, 4.69) is 23.0 Å². The van der Waals surface area contributed by atoms with Gasteiger partial charge >= 0.3 is 0 Å². The molecule has 0 unspecified atom stereocenters. The molecule has 0 fully saturated rings. The van der Waals surface area contributed by atoms with Gasteiger partial charge in [-0.15, -0.1) is 11.8 Å². The first kappa shape index (κ1) is 15.2. The highest BCUT2D eigenvalue weighted by atomic mass is 35.5. The van der Waals surface area contributed by atoms with E-state index in [0.717, 1.165) is 27.2 Å². The molecule has 1 aromatic carbocycles. The Labute approximate surface area is 140 Å². The van der Waals surface area contributed by atoms with Crippen molar-refractivity contribution in [2.75, 3.05) is 5.75 Å². The number of hydrogen-bond donors (Lipinski definition) is 0. The van der Waals surface area contributed by atoms with Crippen LogP contribution in [0.1, 0.15) is 24.0 Å². The first-order valence-electron chi connectivity index (χ1n) is 7.31. The summed E-state index contributed by atoms with van der Waals surface area (Å²) in [6, 6.07) is 7.90. The van der Waals surface area contributed by atoms with E-state index in [0.29, 0.717) is 0 Å². The predicted molar refractivity (Wildman–Crippen MR) is 90.5 cm³/mol. The summed E-state index contributed by atoms with van der Waals surface area (Å²) in [5, 5.41) is 1.52. The fourth-order valence-electron chi connectivity index (χ4n) is 2.71. The summed E-state index contributed by atoms with van der Waals surface area (Å²) in [7, 11) is 0. The van der Waals surface area contributed by atoms with Crippen molar-refractivity contribution in [3.8, 4) is 0 Å². The Morgan fingerprint density at radius 1 is 1.05 bits per heavy atom. The molecule has 0 saturated carbocycles. The molecule has 1 nitrogen and oxygen atoms in total. The van der Waals surface area contributed by atoms with Gasteiger partial charge in [-0.3, -0.25) is 0 Å². The fraction of sp³-hybridized carbons (Fsp3) is 0.353. The van der Waals surface area contributed by atoms with Crippen molar-refractivity contribution in [2.45, 2.75) is 37.1 Å². The van der Waals surface area contributed by atoms with Crippen LogP contribution in [0.25, 0.3) is 0 Å². The van der Waals surface area contributed by atoms with Crippen LogP contribution in [0.4, 0.5) is 0 Å². The molecule has 3 rings (SSSR count). The monoisotopic (exact) mass is 338 g/mol. The zero-order chi connectivity index (χ0) is 14.7. The van der Waals surface area contributed by atoms with Gasteiger partial charge in [0.1, 0.15) is 0 Å². The molecule has 1 aliphatic rings. The predicted octanol–water partition coefficient (Wildman–Crippen LogP) is 4.95. The SMILES string of the molecule is Clc1ccc(Cl)c(SCC[n+]2ccc3c(c2)CCCC3)c1. The second-order valence-corrected chi connectivity index (χ2v) is 7.34. The third-order valence-electron chi connectivity index (χ3n) is 3.84. The fourth-order valence-corrected chi connectivity index (χ4v) is 4.16. The lowest BCUT2D eigenvalue weighted by molar-refractivity contribution is -0.692. The summed E-state index contributed by atoms with van der Waals surface area (Å²) in [6.07, 6.45) is 9.63. The van der Waals surface area contributed by atoms with Gasteiger partial charge in [0.05, 0.1) is 10.8 Å². The zero-order valence-electron chi connectivity index (χ0n) is 11.8. The Balaban J connectivity index is 1.61.